The van der Waals surface area contributed by atoms with E-state index in [0.29, 0.717) is 19.0 Å². The van der Waals surface area contributed by atoms with Crippen LogP contribution in [0.2, 0.25) is 0 Å². The molecular weight excluding hydrogens is 314 g/mol. The largest absolute Gasteiger partial charge is 0.391 e. The van der Waals surface area contributed by atoms with Crippen molar-refractivity contribution >= 4 is 11.6 Å². The number of piperidine rings is 1. The van der Waals surface area contributed by atoms with E-state index < -0.39 is 6.10 Å². The molecule has 1 aliphatic heterocycles. The summed E-state index contributed by atoms with van der Waals surface area (Å²) in [7, 11) is 0. The number of carbonyl (C=O) groups excluding carboxylic acids is 1. The number of likely N-dealkylation sites (tertiary alicyclic amines) is 1. The summed E-state index contributed by atoms with van der Waals surface area (Å²) >= 11 is 0. The van der Waals surface area contributed by atoms with Gasteiger partial charge in [0.25, 0.3) is 0 Å². The first kappa shape index (κ1) is 19.7. The number of nitrogens with zero attached hydrogens (tertiary/aromatic N) is 2. The molecule has 1 heterocycles. The zero-order valence-corrected chi connectivity index (χ0v) is 15.8. The van der Waals surface area contributed by atoms with Crippen LogP contribution in [0.4, 0.5) is 5.69 Å². The molecule has 2 N–H and O–H groups in total. The van der Waals surface area contributed by atoms with Gasteiger partial charge >= 0.3 is 0 Å². The molecule has 0 saturated carbocycles. The van der Waals surface area contributed by atoms with Crippen molar-refractivity contribution in [2.75, 3.05) is 31.1 Å². The van der Waals surface area contributed by atoms with Crippen LogP contribution in [0.25, 0.3) is 0 Å². The van der Waals surface area contributed by atoms with Crippen LogP contribution in [0.15, 0.2) is 30.3 Å². The number of rotatable bonds is 8. The summed E-state index contributed by atoms with van der Waals surface area (Å²) in [5, 5.41) is 13.2. The summed E-state index contributed by atoms with van der Waals surface area (Å²) in [5.74, 6) is 0.0372. The van der Waals surface area contributed by atoms with E-state index in [0.717, 1.165) is 31.6 Å². The van der Waals surface area contributed by atoms with Crippen LogP contribution >= 0.6 is 0 Å². The standard InChI is InChI=1S/C20H33N3O2/c1-4-19(24)14-23(18-8-6-5-7-9-18)15-20(25)21-17-10-12-22(13-11-17)16(2)3/h5-9,16-17,19,24H,4,10-15H2,1-3H3,(H,21,25). The van der Waals surface area contributed by atoms with Crippen molar-refractivity contribution in [1.29, 1.82) is 0 Å². The van der Waals surface area contributed by atoms with Crippen LogP contribution in [0.3, 0.4) is 0 Å². The molecule has 1 amide bonds. The second-order valence-electron chi connectivity index (χ2n) is 7.25. The molecule has 0 spiro atoms. The second kappa shape index (κ2) is 9.78. The van der Waals surface area contributed by atoms with Crippen LogP contribution in [0.1, 0.15) is 40.0 Å². The quantitative estimate of drug-likeness (QED) is 0.757. The topological polar surface area (TPSA) is 55.8 Å². The lowest BCUT2D eigenvalue weighted by atomic mass is 10.0. The maximum absolute atomic E-state index is 12.5. The molecule has 1 aromatic rings. The third kappa shape index (κ3) is 6.33. The predicted octanol–water partition coefficient (Wildman–Crippen LogP) is 2.25. The molecule has 140 valence electrons. The van der Waals surface area contributed by atoms with Gasteiger partial charge < -0.3 is 20.2 Å². The lowest BCUT2D eigenvalue weighted by Gasteiger charge is -2.35. The van der Waals surface area contributed by atoms with E-state index in [1.165, 1.54) is 0 Å². The summed E-state index contributed by atoms with van der Waals surface area (Å²) in [5.41, 5.74) is 0.972. The van der Waals surface area contributed by atoms with E-state index in [1.54, 1.807) is 0 Å². The van der Waals surface area contributed by atoms with Crippen molar-refractivity contribution in [3.05, 3.63) is 30.3 Å². The summed E-state index contributed by atoms with van der Waals surface area (Å²) < 4.78 is 0. The van der Waals surface area contributed by atoms with Crippen molar-refractivity contribution in [3.8, 4) is 0 Å². The number of benzene rings is 1. The van der Waals surface area contributed by atoms with Gasteiger partial charge in [-0.25, -0.2) is 0 Å². The van der Waals surface area contributed by atoms with Gasteiger partial charge in [-0.2, -0.15) is 0 Å². The number of hydrogen-bond acceptors (Lipinski definition) is 4. The Morgan fingerprint density at radius 3 is 2.48 bits per heavy atom. The molecule has 1 atom stereocenters. The fraction of sp³-hybridized carbons (Fsp3) is 0.650. The Bertz CT molecular complexity index is 513. The number of amides is 1. The molecule has 1 saturated heterocycles. The summed E-state index contributed by atoms with van der Waals surface area (Å²) in [6, 6.07) is 10.7. The Balaban J connectivity index is 1.89. The summed E-state index contributed by atoms with van der Waals surface area (Å²) in [6.45, 7) is 9.23. The highest BCUT2D eigenvalue weighted by atomic mass is 16.3. The highest BCUT2D eigenvalue weighted by Gasteiger charge is 2.23. The van der Waals surface area contributed by atoms with Gasteiger partial charge in [0.05, 0.1) is 12.6 Å². The van der Waals surface area contributed by atoms with Gasteiger partial charge in [0.2, 0.25) is 5.91 Å². The molecule has 0 bridgehead atoms. The van der Waals surface area contributed by atoms with Crippen LogP contribution < -0.4 is 10.2 Å². The average molecular weight is 348 g/mol. The van der Waals surface area contributed by atoms with Crippen LogP contribution in [-0.2, 0) is 4.79 Å². The van der Waals surface area contributed by atoms with Crippen molar-refractivity contribution in [2.24, 2.45) is 0 Å². The lowest BCUT2D eigenvalue weighted by molar-refractivity contribution is -0.120. The highest BCUT2D eigenvalue weighted by molar-refractivity contribution is 5.81. The lowest BCUT2D eigenvalue weighted by Crippen LogP contribution is -2.49. The first-order valence-electron chi connectivity index (χ1n) is 9.51. The molecule has 2 rings (SSSR count). The van der Waals surface area contributed by atoms with Crippen LogP contribution in [0.5, 0.6) is 0 Å². The minimum Gasteiger partial charge on any atom is -0.391 e. The van der Waals surface area contributed by atoms with Gasteiger partial charge in [0, 0.05) is 37.4 Å². The van der Waals surface area contributed by atoms with E-state index in [9.17, 15) is 9.90 Å². The molecule has 0 aromatic heterocycles. The third-order valence-corrected chi connectivity index (χ3v) is 4.98. The molecule has 1 unspecified atom stereocenters. The normalized spacial score (nSPS) is 17.5. The molecular formula is C20H33N3O2. The maximum atomic E-state index is 12.5. The zero-order chi connectivity index (χ0) is 18.2. The van der Waals surface area contributed by atoms with Crippen molar-refractivity contribution in [2.45, 2.75) is 58.2 Å². The minimum absolute atomic E-state index is 0.0372. The number of hydrogen-bond donors (Lipinski definition) is 2. The predicted molar refractivity (Wildman–Crippen MR) is 103 cm³/mol. The Hall–Kier alpha value is -1.59. The minimum atomic E-state index is -0.428. The average Bonchev–Trinajstić information content (AvgIpc) is 2.62. The first-order chi connectivity index (χ1) is 12.0. The summed E-state index contributed by atoms with van der Waals surface area (Å²) in [6.07, 6.45) is 2.26. The van der Waals surface area contributed by atoms with Crippen molar-refractivity contribution in [1.82, 2.24) is 10.2 Å². The third-order valence-electron chi connectivity index (χ3n) is 4.98. The molecule has 0 aliphatic carbocycles. The molecule has 5 nitrogen and oxygen atoms in total. The van der Waals surface area contributed by atoms with E-state index >= 15 is 0 Å². The van der Waals surface area contributed by atoms with Gasteiger partial charge in [0.15, 0.2) is 0 Å². The monoisotopic (exact) mass is 347 g/mol. The molecule has 0 radical (unpaired) electrons. The number of carbonyl (C=O) groups is 1. The summed E-state index contributed by atoms with van der Waals surface area (Å²) in [4.78, 5) is 17.0. The number of nitrogens with one attached hydrogen (secondary N) is 1. The maximum Gasteiger partial charge on any atom is 0.239 e. The number of aliphatic hydroxyl groups is 1. The molecule has 5 heteroatoms. The number of aliphatic hydroxyl groups excluding tert-OH is 1. The Labute approximate surface area is 152 Å². The van der Waals surface area contributed by atoms with E-state index in [4.69, 9.17) is 0 Å². The first-order valence-corrected chi connectivity index (χ1v) is 9.51. The van der Waals surface area contributed by atoms with Crippen molar-refractivity contribution < 1.29 is 9.90 Å². The number of anilines is 1. The number of para-hydroxylation sites is 1. The van der Waals surface area contributed by atoms with E-state index in [2.05, 4.69) is 24.1 Å². The SMILES string of the molecule is CCC(O)CN(CC(=O)NC1CCN(C(C)C)CC1)c1ccccc1. The van der Waals surface area contributed by atoms with Crippen LogP contribution in [-0.4, -0.2) is 60.3 Å². The van der Waals surface area contributed by atoms with Gasteiger partial charge in [-0.15, -0.1) is 0 Å². The molecule has 25 heavy (non-hydrogen) atoms. The van der Waals surface area contributed by atoms with Gasteiger partial charge in [-0.05, 0) is 45.2 Å². The Morgan fingerprint density at radius 2 is 1.92 bits per heavy atom. The second-order valence-corrected chi connectivity index (χ2v) is 7.25. The Kier molecular flexibility index (Phi) is 7.72. The molecule has 1 aromatic carbocycles. The van der Waals surface area contributed by atoms with E-state index in [1.807, 2.05) is 42.2 Å². The molecule has 1 aliphatic rings. The Morgan fingerprint density at radius 1 is 1.28 bits per heavy atom. The van der Waals surface area contributed by atoms with Gasteiger partial charge in [0.1, 0.15) is 0 Å². The fourth-order valence-corrected chi connectivity index (χ4v) is 3.29. The zero-order valence-electron chi connectivity index (χ0n) is 15.8. The fourth-order valence-electron chi connectivity index (χ4n) is 3.29. The van der Waals surface area contributed by atoms with Crippen molar-refractivity contribution in [3.63, 3.8) is 0 Å². The molecule has 1 fully saturated rings. The van der Waals surface area contributed by atoms with Crippen LogP contribution in [0, 0.1) is 0 Å². The van der Waals surface area contributed by atoms with Gasteiger partial charge in [-0.3, -0.25) is 4.79 Å². The smallest absolute Gasteiger partial charge is 0.239 e. The van der Waals surface area contributed by atoms with Gasteiger partial charge in [-0.1, -0.05) is 25.1 Å². The van der Waals surface area contributed by atoms with E-state index in [-0.39, 0.29) is 18.5 Å². The highest BCUT2D eigenvalue weighted by Crippen LogP contribution is 2.15.